The second-order valence-electron chi connectivity index (χ2n) is 17.4. The number of ether oxygens (including phenoxy) is 2. The van der Waals surface area contributed by atoms with Crippen LogP contribution >= 0.6 is 11.3 Å². The molecule has 0 radical (unpaired) electrons. The van der Waals surface area contributed by atoms with Gasteiger partial charge >= 0.3 is 18.0 Å². The van der Waals surface area contributed by atoms with E-state index in [9.17, 15) is 9.90 Å². The van der Waals surface area contributed by atoms with Gasteiger partial charge in [-0.2, -0.15) is 0 Å². The average molecular weight is 966 g/mol. The third-order valence-corrected chi connectivity index (χ3v) is 14.2. The molecule has 6 aromatic carbocycles. The summed E-state index contributed by atoms with van der Waals surface area (Å²) in [5.74, 6) is 2.41. The number of nitrogens with one attached hydrogen (secondary N) is 3. The van der Waals surface area contributed by atoms with Crippen LogP contribution in [-0.4, -0.2) is 70.6 Å². The molecule has 1 spiro atoms. The number of fused-ring (bicyclic) bond motifs is 4. The molecule has 0 unspecified atom stereocenters. The van der Waals surface area contributed by atoms with Crippen LogP contribution in [0, 0.1) is 17.8 Å². The van der Waals surface area contributed by atoms with E-state index in [0.717, 1.165) is 20.7 Å². The molecule has 2 saturated heterocycles. The second kappa shape index (κ2) is 19.6. The van der Waals surface area contributed by atoms with E-state index in [0.29, 0.717) is 28.0 Å². The Kier molecular flexibility index (Phi) is 12.8. The predicted molar refractivity (Wildman–Crippen MR) is 267 cm³/mol. The fraction of sp³-hybridized carbons (Fsp3) is 0.200. The van der Waals surface area contributed by atoms with Gasteiger partial charge in [-0.3, -0.25) is 19.3 Å². The first-order chi connectivity index (χ1) is 34.6. The zero-order valence-electron chi connectivity index (χ0n) is 38.2. The first-order valence-corrected chi connectivity index (χ1v) is 23.8. The number of imide groups is 1. The van der Waals surface area contributed by atoms with Crippen LogP contribution in [0.2, 0.25) is 0 Å². The fourth-order valence-electron chi connectivity index (χ4n) is 10.4. The summed E-state index contributed by atoms with van der Waals surface area (Å²) in [5.41, 5.74) is 7.26. The van der Waals surface area contributed by atoms with E-state index < -0.39 is 71.5 Å². The molecule has 16 heteroatoms. The number of cyclic esters (lactones) is 1. The molecule has 356 valence electrons. The quantitative estimate of drug-likeness (QED) is 0.0639. The lowest BCUT2D eigenvalue weighted by Crippen LogP contribution is -2.55. The van der Waals surface area contributed by atoms with Crippen LogP contribution in [0.5, 0.6) is 5.75 Å². The molecule has 10 rings (SSSR count). The zero-order valence-corrected chi connectivity index (χ0v) is 39.0. The third-order valence-electron chi connectivity index (χ3n) is 13.2. The number of urea groups is 2. The number of nitrogens with zero attached hydrogens (tertiary/aromatic N) is 3. The largest absolute Gasteiger partial charge is 0.491 e. The Labute approximate surface area is 412 Å². The molecule has 0 saturated carbocycles. The van der Waals surface area contributed by atoms with Gasteiger partial charge in [-0.15, -0.1) is 0 Å². The number of primary amides is 1. The predicted octanol–water partition coefficient (Wildman–Crippen LogP) is 7.46. The highest BCUT2D eigenvalue weighted by Gasteiger charge is 2.75. The van der Waals surface area contributed by atoms with Crippen LogP contribution in [0.15, 0.2) is 158 Å². The molecule has 0 aliphatic carbocycles. The number of aliphatic hydroxyl groups is 1. The lowest BCUT2D eigenvalue weighted by molar-refractivity contribution is -0.177. The molecule has 0 bridgehead atoms. The Balaban J connectivity index is 1.26. The summed E-state index contributed by atoms with van der Waals surface area (Å²) in [5, 5.41) is 18.6. The zero-order chi connectivity index (χ0) is 49.2. The summed E-state index contributed by atoms with van der Waals surface area (Å²) < 4.78 is 13.4. The first-order valence-electron chi connectivity index (χ1n) is 23.0. The van der Waals surface area contributed by atoms with E-state index in [1.54, 1.807) is 49.4 Å². The number of anilines is 2. The highest BCUT2D eigenvalue weighted by molar-refractivity contribution is 7.22. The molecular formula is C55H47N7O8S. The van der Waals surface area contributed by atoms with Gasteiger partial charge in [0.1, 0.15) is 29.9 Å². The van der Waals surface area contributed by atoms with E-state index in [1.165, 1.54) is 11.3 Å². The number of rotatable bonds is 11. The van der Waals surface area contributed by atoms with E-state index in [-0.39, 0.29) is 36.1 Å². The molecule has 1 aromatic heterocycles. The van der Waals surface area contributed by atoms with Gasteiger partial charge in [-0.05, 0) is 77.2 Å². The number of hydrogen-bond donors (Lipinski definition) is 5. The van der Waals surface area contributed by atoms with Gasteiger partial charge in [0.25, 0.3) is 0 Å². The number of aliphatic hydroxyl groups excluding tert-OH is 1. The summed E-state index contributed by atoms with van der Waals surface area (Å²) in [6.07, 6.45) is -0.959. The maximum Gasteiger partial charge on any atom is 0.329 e. The van der Waals surface area contributed by atoms with Crippen LogP contribution in [0.3, 0.4) is 0 Å². The van der Waals surface area contributed by atoms with E-state index in [4.69, 9.17) is 20.2 Å². The number of carbonyl (C=O) groups excluding carboxylic acids is 5. The summed E-state index contributed by atoms with van der Waals surface area (Å²) in [6.45, 7) is 1.38. The van der Waals surface area contributed by atoms with Crippen molar-refractivity contribution in [3.63, 3.8) is 0 Å². The van der Waals surface area contributed by atoms with Crippen molar-refractivity contribution in [1.82, 2.24) is 20.5 Å². The maximum absolute atomic E-state index is 16.7. The summed E-state index contributed by atoms with van der Waals surface area (Å²) in [4.78, 5) is 82.7. The second-order valence-corrected chi connectivity index (χ2v) is 18.4. The summed E-state index contributed by atoms with van der Waals surface area (Å²) in [7, 11) is 0. The van der Waals surface area contributed by atoms with Crippen molar-refractivity contribution >= 4 is 62.2 Å². The van der Waals surface area contributed by atoms with Crippen LogP contribution in [0.25, 0.3) is 10.2 Å². The number of thiazole rings is 1. The van der Waals surface area contributed by atoms with Crippen molar-refractivity contribution in [2.75, 3.05) is 30.0 Å². The normalized spacial score (nSPS) is 21.6. The van der Waals surface area contributed by atoms with E-state index in [2.05, 4.69) is 27.8 Å². The number of amides is 6. The molecule has 6 N–H and O–H groups in total. The van der Waals surface area contributed by atoms with Crippen molar-refractivity contribution in [2.24, 2.45) is 11.7 Å². The Bertz CT molecular complexity index is 3200. The molecule has 2 fully saturated rings. The number of hydrogen-bond acceptors (Lipinski definition) is 11. The third kappa shape index (κ3) is 8.50. The minimum Gasteiger partial charge on any atom is -0.491 e. The smallest absolute Gasteiger partial charge is 0.329 e. The van der Waals surface area contributed by atoms with Gasteiger partial charge in [-0.25, -0.2) is 19.5 Å². The minimum absolute atomic E-state index is 0.0458. The summed E-state index contributed by atoms with van der Waals surface area (Å²) in [6, 6.07) is 41.7. The average Bonchev–Trinajstić information content (AvgIpc) is 4.03. The number of benzene rings is 6. The molecule has 71 heavy (non-hydrogen) atoms. The van der Waals surface area contributed by atoms with Gasteiger partial charge in [0.2, 0.25) is 11.8 Å². The van der Waals surface area contributed by atoms with E-state index in [1.807, 2.05) is 120 Å². The SMILES string of the molecule is C[C@@H](NC(=O)N1C(=O)[C@@]2(c3cc(C#CCNC(N)=O)ccc31)[C@H](c1cccc(OCCO)c1)N1[C@H](c3ccccc3)[C@H](c3ccccc3)OC(=O)[C@H]1[C@@H]2C(=O)Nc1nc2ccccc2s1)c1ccccc1. The Morgan fingerprint density at radius 3 is 2.25 bits per heavy atom. The molecule has 6 amide bonds. The first kappa shape index (κ1) is 46.4. The number of aromatic nitrogens is 1. The Hall–Kier alpha value is -8.36. The number of carbonyl (C=O) groups is 5. The number of nitrogens with two attached hydrogens (primary N) is 1. The molecular weight excluding hydrogens is 919 g/mol. The van der Waals surface area contributed by atoms with Crippen molar-refractivity contribution in [3.05, 3.63) is 191 Å². The number of esters is 1. The van der Waals surface area contributed by atoms with Crippen LogP contribution < -0.4 is 31.3 Å². The highest BCUT2D eigenvalue weighted by atomic mass is 32.1. The van der Waals surface area contributed by atoms with Gasteiger partial charge in [0, 0.05) is 5.56 Å². The highest BCUT2D eigenvalue weighted by Crippen LogP contribution is 2.66. The van der Waals surface area contributed by atoms with Crippen LogP contribution in [0.4, 0.5) is 20.4 Å². The molecule has 3 aliphatic rings. The van der Waals surface area contributed by atoms with Crippen molar-refractivity contribution < 1.29 is 38.6 Å². The van der Waals surface area contributed by atoms with Gasteiger partial charge in [-0.1, -0.05) is 138 Å². The molecule has 4 heterocycles. The van der Waals surface area contributed by atoms with Crippen molar-refractivity contribution in [1.29, 1.82) is 0 Å². The van der Waals surface area contributed by atoms with Crippen molar-refractivity contribution in [2.45, 2.75) is 42.6 Å². The number of morpholine rings is 1. The Morgan fingerprint density at radius 2 is 1.54 bits per heavy atom. The topological polar surface area (TPSA) is 206 Å². The fourth-order valence-corrected chi connectivity index (χ4v) is 11.3. The van der Waals surface area contributed by atoms with Crippen LogP contribution in [-0.2, 0) is 24.5 Å². The standard InChI is InChI=1S/C55H47N7O8S/c1-33(35-16-5-2-6-17-35)58-54(68)61-42-27-26-34(15-14-28-57-52(56)67)31-40(42)55(51(61)66)44(49(64)60-53-59-41-24-11-12-25-43(41)71-53)46-50(65)70-47(37-20-9-4-10-21-37)45(36-18-7-3-8-19-36)62(46)48(55)38-22-13-23-39(32-38)69-30-29-63/h2-13,16-27,31-33,44-48,63H,28-30H2,1H3,(H,58,68)(H3,56,57,67)(H,59,60,64)/t33-,44-,45-,46-,47+,48+,55-/m1/s1. The van der Waals surface area contributed by atoms with Crippen molar-refractivity contribution in [3.8, 4) is 17.6 Å². The molecule has 15 nitrogen and oxygen atoms in total. The molecule has 7 aromatic rings. The van der Waals surface area contributed by atoms with Gasteiger partial charge in [0.05, 0.1) is 53.1 Å². The van der Waals surface area contributed by atoms with Crippen LogP contribution in [0.1, 0.15) is 64.5 Å². The van der Waals surface area contributed by atoms with Gasteiger partial charge in [0.15, 0.2) is 5.13 Å². The Morgan fingerprint density at radius 1 is 0.845 bits per heavy atom. The molecule has 7 atom stereocenters. The maximum atomic E-state index is 16.7. The number of para-hydroxylation sites is 1. The molecule has 3 aliphatic heterocycles. The minimum atomic E-state index is -2.12. The lowest BCUT2D eigenvalue weighted by Gasteiger charge is -2.46. The van der Waals surface area contributed by atoms with E-state index >= 15 is 19.2 Å². The monoisotopic (exact) mass is 965 g/mol. The summed E-state index contributed by atoms with van der Waals surface area (Å²) >= 11 is 1.23. The van der Waals surface area contributed by atoms with Gasteiger partial charge < -0.3 is 36.3 Å². The lowest BCUT2D eigenvalue weighted by atomic mass is 9.65.